The molecule has 0 bridgehead atoms. The molecule has 0 radical (unpaired) electrons. The fraction of sp³-hybridized carbons (Fsp3) is 0.118. The number of anilines is 1. The number of nitrogens with one attached hydrogen (secondary N) is 1. The maximum absolute atomic E-state index is 12.2. The number of carbonyl (C=O) groups excluding carboxylic acids is 2. The van der Waals surface area contributed by atoms with Crippen molar-refractivity contribution in [1.82, 2.24) is 4.98 Å². The Morgan fingerprint density at radius 1 is 1.24 bits per heavy atom. The van der Waals surface area contributed by atoms with Gasteiger partial charge in [-0.15, -0.1) is 0 Å². The molecular weight excluding hydrogens is 408 g/mol. The fourth-order valence-electron chi connectivity index (χ4n) is 2.02. The Hall–Kier alpha value is -2.45. The van der Waals surface area contributed by atoms with E-state index < -0.39 is 11.9 Å². The van der Waals surface area contributed by atoms with Crippen LogP contribution >= 0.6 is 27.3 Å². The predicted octanol–water partition coefficient (Wildman–Crippen LogP) is 4.42. The van der Waals surface area contributed by atoms with Gasteiger partial charge in [-0.3, -0.25) is 10.1 Å². The van der Waals surface area contributed by atoms with Gasteiger partial charge in [0.2, 0.25) is 0 Å². The molecule has 2 aromatic heterocycles. The zero-order valence-electron chi connectivity index (χ0n) is 13.1. The normalized spacial score (nSPS) is 10.5. The molecule has 0 aliphatic carbocycles. The molecule has 0 aliphatic rings. The number of amides is 1. The van der Waals surface area contributed by atoms with Gasteiger partial charge in [0, 0.05) is 0 Å². The molecule has 0 unspecified atom stereocenters. The number of ether oxygens (including phenoxy) is 1. The number of halogens is 1. The number of benzene rings is 1. The zero-order chi connectivity index (χ0) is 17.8. The molecule has 25 heavy (non-hydrogen) atoms. The van der Waals surface area contributed by atoms with Crippen molar-refractivity contribution in [3.05, 3.63) is 69.0 Å². The van der Waals surface area contributed by atoms with Crippen molar-refractivity contribution in [1.29, 1.82) is 0 Å². The first-order chi connectivity index (χ1) is 12.0. The third-order valence-electron chi connectivity index (χ3n) is 3.21. The Labute approximate surface area is 156 Å². The van der Waals surface area contributed by atoms with E-state index in [1.165, 1.54) is 6.07 Å². The van der Waals surface area contributed by atoms with Crippen LogP contribution in [-0.4, -0.2) is 16.9 Å². The number of nitrogens with zero attached hydrogens (tertiary/aromatic N) is 1. The summed E-state index contributed by atoms with van der Waals surface area (Å²) < 4.78 is 10.9. The van der Waals surface area contributed by atoms with Gasteiger partial charge in [-0.2, -0.15) is 0 Å². The number of aryl methyl sites for hydroxylation is 1. The summed E-state index contributed by atoms with van der Waals surface area (Å²) in [5.74, 6) is -0.767. The third-order valence-corrected chi connectivity index (χ3v) is 4.69. The molecule has 1 amide bonds. The highest BCUT2D eigenvalue weighted by atomic mass is 79.9. The summed E-state index contributed by atoms with van der Waals surface area (Å²) in [5, 5.41) is 2.91. The molecule has 0 saturated carbocycles. The largest absolute Gasteiger partial charge is 0.457 e. The van der Waals surface area contributed by atoms with E-state index in [9.17, 15) is 9.59 Å². The lowest BCUT2D eigenvalue weighted by molar-refractivity contribution is 0.0477. The summed E-state index contributed by atoms with van der Waals surface area (Å²) in [4.78, 5) is 28.8. The molecule has 2 heterocycles. The minimum Gasteiger partial charge on any atom is -0.457 e. The van der Waals surface area contributed by atoms with Crippen LogP contribution in [0.15, 0.2) is 51.6 Å². The molecule has 8 heteroatoms. The first-order valence-electron chi connectivity index (χ1n) is 7.28. The van der Waals surface area contributed by atoms with Crippen molar-refractivity contribution in [2.24, 2.45) is 0 Å². The number of furan rings is 1. The van der Waals surface area contributed by atoms with E-state index in [4.69, 9.17) is 9.15 Å². The van der Waals surface area contributed by atoms with Gasteiger partial charge in [0.1, 0.15) is 11.5 Å². The summed E-state index contributed by atoms with van der Waals surface area (Å²) >= 11 is 4.20. The number of carbonyl (C=O) groups is 2. The second kappa shape index (κ2) is 7.62. The van der Waals surface area contributed by atoms with Crippen LogP contribution in [0, 0.1) is 6.92 Å². The van der Waals surface area contributed by atoms with E-state index in [1.54, 1.807) is 13.0 Å². The first kappa shape index (κ1) is 17.4. The van der Waals surface area contributed by atoms with Crippen LogP contribution < -0.4 is 5.32 Å². The van der Waals surface area contributed by atoms with Gasteiger partial charge in [0.15, 0.2) is 15.6 Å². The fourth-order valence-corrected chi connectivity index (χ4v) is 3.18. The quantitative estimate of drug-likeness (QED) is 0.617. The lowest BCUT2D eigenvalue weighted by Crippen LogP contribution is -2.10. The standard InChI is InChI=1S/C17H13BrN2O4S/c1-10-14(16(22)23-9-11-5-3-2-4-6-11)25-17(19-10)20-15(21)12-7-8-13(18)24-12/h2-8H,9H2,1H3,(H,19,20,21). The minimum absolute atomic E-state index is 0.146. The summed E-state index contributed by atoms with van der Waals surface area (Å²) in [7, 11) is 0. The zero-order valence-corrected chi connectivity index (χ0v) is 15.5. The van der Waals surface area contributed by atoms with E-state index in [0.29, 0.717) is 20.4 Å². The third kappa shape index (κ3) is 4.34. The highest BCUT2D eigenvalue weighted by Gasteiger charge is 2.19. The summed E-state index contributed by atoms with van der Waals surface area (Å²) in [6.07, 6.45) is 0. The van der Waals surface area contributed by atoms with Crippen LogP contribution in [0.1, 0.15) is 31.5 Å². The van der Waals surface area contributed by atoms with E-state index >= 15 is 0 Å². The van der Waals surface area contributed by atoms with Crippen molar-refractivity contribution in [3.63, 3.8) is 0 Å². The van der Waals surface area contributed by atoms with Gasteiger partial charge < -0.3 is 9.15 Å². The molecule has 1 aromatic carbocycles. The summed E-state index contributed by atoms with van der Waals surface area (Å²) in [6, 6.07) is 12.6. The molecule has 0 aliphatic heterocycles. The van der Waals surface area contributed by atoms with Gasteiger partial charge >= 0.3 is 5.97 Å². The number of hydrogen-bond donors (Lipinski definition) is 1. The van der Waals surface area contributed by atoms with Crippen LogP contribution in [0.25, 0.3) is 0 Å². The Kier molecular flexibility index (Phi) is 5.30. The first-order valence-corrected chi connectivity index (χ1v) is 8.89. The minimum atomic E-state index is -0.472. The van der Waals surface area contributed by atoms with Gasteiger partial charge in [0.05, 0.1) is 5.69 Å². The lowest BCUT2D eigenvalue weighted by Gasteiger charge is -2.03. The second-order valence-corrected chi connectivity index (χ2v) is 6.83. The average molecular weight is 421 g/mol. The molecule has 3 aromatic rings. The Balaban J connectivity index is 1.65. The van der Waals surface area contributed by atoms with Crippen LogP contribution in [0.2, 0.25) is 0 Å². The van der Waals surface area contributed by atoms with Crippen LogP contribution in [0.3, 0.4) is 0 Å². The van der Waals surface area contributed by atoms with Gasteiger partial charge in [-0.25, -0.2) is 9.78 Å². The molecule has 6 nitrogen and oxygen atoms in total. The van der Waals surface area contributed by atoms with Crippen molar-refractivity contribution in [2.45, 2.75) is 13.5 Å². The van der Waals surface area contributed by atoms with Crippen LogP contribution in [0.4, 0.5) is 5.13 Å². The topological polar surface area (TPSA) is 81.4 Å². The Bertz CT molecular complexity index is 905. The monoisotopic (exact) mass is 420 g/mol. The highest BCUT2D eigenvalue weighted by molar-refractivity contribution is 9.10. The maximum atomic E-state index is 12.2. The molecule has 0 spiro atoms. The average Bonchev–Trinajstić information content (AvgIpc) is 3.19. The Morgan fingerprint density at radius 3 is 2.68 bits per heavy atom. The van der Waals surface area contributed by atoms with Crippen molar-refractivity contribution in [3.8, 4) is 0 Å². The molecule has 0 fully saturated rings. The van der Waals surface area contributed by atoms with Gasteiger partial charge in [0.25, 0.3) is 5.91 Å². The number of hydrogen-bond acceptors (Lipinski definition) is 6. The van der Waals surface area contributed by atoms with Crippen LogP contribution in [-0.2, 0) is 11.3 Å². The van der Waals surface area contributed by atoms with Crippen molar-refractivity contribution in [2.75, 3.05) is 5.32 Å². The maximum Gasteiger partial charge on any atom is 0.350 e. The number of rotatable bonds is 5. The SMILES string of the molecule is Cc1nc(NC(=O)c2ccc(Br)o2)sc1C(=O)OCc1ccccc1. The van der Waals surface area contributed by atoms with Gasteiger partial charge in [-0.05, 0) is 40.5 Å². The molecule has 1 N–H and O–H groups in total. The molecule has 3 rings (SSSR count). The number of aromatic nitrogens is 1. The molecule has 0 saturated heterocycles. The van der Waals surface area contributed by atoms with E-state index in [-0.39, 0.29) is 12.4 Å². The number of thiazole rings is 1. The summed E-state index contributed by atoms with van der Waals surface area (Å²) in [5.41, 5.74) is 1.40. The second-order valence-electron chi connectivity index (χ2n) is 5.05. The molecule has 0 atom stereocenters. The van der Waals surface area contributed by atoms with Crippen molar-refractivity contribution >= 4 is 44.3 Å². The molecule has 128 valence electrons. The number of esters is 1. The van der Waals surface area contributed by atoms with E-state index in [2.05, 4.69) is 26.2 Å². The predicted molar refractivity (Wildman–Crippen MR) is 96.8 cm³/mol. The highest BCUT2D eigenvalue weighted by Crippen LogP contribution is 2.25. The lowest BCUT2D eigenvalue weighted by atomic mass is 10.2. The molecular formula is C17H13BrN2O4S. The van der Waals surface area contributed by atoms with Gasteiger partial charge in [-0.1, -0.05) is 41.7 Å². The van der Waals surface area contributed by atoms with Crippen molar-refractivity contribution < 1.29 is 18.7 Å². The van der Waals surface area contributed by atoms with Crippen LogP contribution in [0.5, 0.6) is 0 Å². The van der Waals surface area contributed by atoms with E-state index in [1.807, 2.05) is 30.3 Å². The van der Waals surface area contributed by atoms with E-state index in [0.717, 1.165) is 16.9 Å². The summed E-state index contributed by atoms with van der Waals surface area (Å²) in [6.45, 7) is 1.87. The Morgan fingerprint density at radius 2 is 2.00 bits per heavy atom. The smallest absolute Gasteiger partial charge is 0.350 e.